The maximum Gasteiger partial charge on any atom is 0.262 e. The van der Waals surface area contributed by atoms with Crippen LogP contribution < -0.4 is 5.32 Å². The summed E-state index contributed by atoms with van der Waals surface area (Å²) in [6.07, 6.45) is 0. The minimum atomic E-state index is -3.48. The number of hydrogen-bond acceptors (Lipinski definition) is 6. The summed E-state index contributed by atoms with van der Waals surface area (Å²) in [6, 6.07) is 6.46. The predicted octanol–water partition coefficient (Wildman–Crippen LogP) is 4.29. The highest BCUT2D eigenvalue weighted by Crippen LogP contribution is 2.30. The molecule has 0 atom stereocenters. The SMILES string of the molecule is Cc1oc(C)c(C(=O)Nc2nc(-c3ccc(S(=O)(=O)N(C)C)cc3)cs2)c1Br. The molecule has 3 rings (SSSR count). The number of anilines is 1. The van der Waals surface area contributed by atoms with Crippen LogP contribution in [0.1, 0.15) is 21.9 Å². The molecule has 2 aromatic heterocycles. The van der Waals surface area contributed by atoms with E-state index in [4.69, 9.17) is 4.42 Å². The van der Waals surface area contributed by atoms with Gasteiger partial charge in [0.05, 0.1) is 20.6 Å². The number of amides is 1. The number of furan rings is 1. The van der Waals surface area contributed by atoms with Crippen LogP contribution in [0.4, 0.5) is 5.13 Å². The fraction of sp³-hybridized carbons (Fsp3) is 0.222. The van der Waals surface area contributed by atoms with Gasteiger partial charge in [-0.1, -0.05) is 12.1 Å². The molecule has 3 aromatic rings. The van der Waals surface area contributed by atoms with Crippen molar-refractivity contribution in [3.05, 3.63) is 51.2 Å². The molecule has 1 amide bonds. The first-order chi connectivity index (χ1) is 13.1. The molecule has 0 fully saturated rings. The Morgan fingerprint density at radius 1 is 1.18 bits per heavy atom. The summed E-state index contributed by atoms with van der Waals surface area (Å²) in [5.41, 5.74) is 1.84. The minimum Gasteiger partial charge on any atom is -0.465 e. The first kappa shape index (κ1) is 20.7. The number of nitrogens with one attached hydrogen (secondary N) is 1. The summed E-state index contributed by atoms with van der Waals surface area (Å²) in [6.45, 7) is 3.50. The van der Waals surface area contributed by atoms with Crippen LogP contribution in [-0.2, 0) is 10.0 Å². The molecule has 0 bridgehead atoms. The van der Waals surface area contributed by atoms with Crippen molar-refractivity contribution < 1.29 is 17.6 Å². The number of sulfonamides is 1. The normalized spacial score (nSPS) is 11.8. The van der Waals surface area contributed by atoms with Crippen LogP contribution in [0, 0.1) is 13.8 Å². The minimum absolute atomic E-state index is 0.209. The van der Waals surface area contributed by atoms with Crippen LogP contribution in [0.5, 0.6) is 0 Å². The van der Waals surface area contributed by atoms with Crippen molar-refractivity contribution in [2.24, 2.45) is 0 Å². The van der Waals surface area contributed by atoms with Crippen molar-refractivity contribution >= 4 is 48.3 Å². The van der Waals surface area contributed by atoms with Crippen molar-refractivity contribution in [2.75, 3.05) is 19.4 Å². The molecule has 0 saturated carbocycles. The second-order valence-electron chi connectivity index (χ2n) is 6.21. The van der Waals surface area contributed by atoms with Crippen molar-refractivity contribution in [3.8, 4) is 11.3 Å². The lowest BCUT2D eigenvalue weighted by atomic mass is 10.2. The summed E-state index contributed by atoms with van der Waals surface area (Å²) in [5, 5.41) is 5.01. The van der Waals surface area contributed by atoms with Gasteiger partial charge in [-0.25, -0.2) is 17.7 Å². The van der Waals surface area contributed by atoms with E-state index in [1.165, 1.54) is 37.6 Å². The van der Waals surface area contributed by atoms with E-state index in [1.54, 1.807) is 31.4 Å². The van der Waals surface area contributed by atoms with Gasteiger partial charge in [-0.05, 0) is 41.9 Å². The number of carbonyl (C=O) groups is 1. The molecule has 10 heteroatoms. The fourth-order valence-corrected chi connectivity index (χ4v) is 4.70. The van der Waals surface area contributed by atoms with E-state index in [2.05, 4.69) is 26.2 Å². The van der Waals surface area contributed by atoms with Crippen molar-refractivity contribution in [1.29, 1.82) is 0 Å². The van der Waals surface area contributed by atoms with Crippen LogP contribution in [0.3, 0.4) is 0 Å². The number of aromatic nitrogens is 1. The van der Waals surface area contributed by atoms with Crippen molar-refractivity contribution in [2.45, 2.75) is 18.7 Å². The summed E-state index contributed by atoms with van der Waals surface area (Å²) in [7, 11) is -0.506. The molecule has 2 heterocycles. The number of aryl methyl sites for hydroxylation is 2. The highest BCUT2D eigenvalue weighted by atomic mass is 79.9. The molecule has 0 unspecified atom stereocenters. The van der Waals surface area contributed by atoms with Gasteiger partial charge in [-0.3, -0.25) is 10.1 Å². The van der Waals surface area contributed by atoms with Gasteiger partial charge in [0.25, 0.3) is 5.91 Å². The van der Waals surface area contributed by atoms with E-state index in [-0.39, 0.29) is 10.8 Å². The van der Waals surface area contributed by atoms with E-state index in [1.807, 2.05) is 0 Å². The van der Waals surface area contributed by atoms with Gasteiger partial charge in [0.2, 0.25) is 10.0 Å². The zero-order chi connectivity index (χ0) is 20.6. The summed E-state index contributed by atoms with van der Waals surface area (Å²) in [5.74, 6) is 0.848. The number of hydrogen-bond donors (Lipinski definition) is 1. The third kappa shape index (κ3) is 3.90. The predicted molar refractivity (Wildman–Crippen MR) is 112 cm³/mol. The van der Waals surface area contributed by atoms with Crippen LogP contribution in [0.15, 0.2) is 43.4 Å². The van der Waals surface area contributed by atoms with Crippen molar-refractivity contribution in [1.82, 2.24) is 9.29 Å². The van der Waals surface area contributed by atoms with Gasteiger partial charge >= 0.3 is 0 Å². The average Bonchev–Trinajstić information content (AvgIpc) is 3.19. The largest absolute Gasteiger partial charge is 0.465 e. The van der Waals surface area contributed by atoms with E-state index in [0.29, 0.717) is 32.4 Å². The van der Waals surface area contributed by atoms with Gasteiger partial charge in [-0.2, -0.15) is 0 Å². The molecule has 0 radical (unpaired) electrons. The first-order valence-electron chi connectivity index (χ1n) is 8.16. The highest BCUT2D eigenvalue weighted by molar-refractivity contribution is 9.10. The molecule has 7 nitrogen and oxygen atoms in total. The Morgan fingerprint density at radius 2 is 1.82 bits per heavy atom. The Balaban J connectivity index is 1.80. The molecule has 0 aliphatic heterocycles. The van der Waals surface area contributed by atoms with E-state index in [0.717, 1.165) is 9.87 Å². The Morgan fingerprint density at radius 3 is 2.36 bits per heavy atom. The number of benzene rings is 1. The summed E-state index contributed by atoms with van der Waals surface area (Å²) < 4.78 is 31.5. The third-order valence-electron chi connectivity index (χ3n) is 4.07. The molecular weight excluding hydrogens is 466 g/mol. The average molecular weight is 484 g/mol. The molecule has 1 N–H and O–H groups in total. The zero-order valence-corrected chi connectivity index (χ0v) is 18.8. The summed E-state index contributed by atoms with van der Waals surface area (Å²) >= 11 is 4.65. The molecule has 0 aliphatic rings. The molecule has 0 aliphatic carbocycles. The Labute approximate surface area is 175 Å². The molecule has 148 valence electrons. The van der Waals surface area contributed by atoms with Gasteiger partial charge in [0, 0.05) is 25.0 Å². The second kappa shape index (κ2) is 7.78. The lowest BCUT2D eigenvalue weighted by Crippen LogP contribution is -2.22. The molecule has 28 heavy (non-hydrogen) atoms. The lowest BCUT2D eigenvalue weighted by molar-refractivity contribution is 0.102. The van der Waals surface area contributed by atoms with Gasteiger partial charge in [0.15, 0.2) is 5.13 Å². The van der Waals surface area contributed by atoms with E-state index < -0.39 is 10.0 Å². The molecule has 0 spiro atoms. The summed E-state index contributed by atoms with van der Waals surface area (Å²) in [4.78, 5) is 17.2. The van der Waals surface area contributed by atoms with E-state index >= 15 is 0 Å². The zero-order valence-electron chi connectivity index (χ0n) is 15.6. The number of rotatable bonds is 5. The van der Waals surface area contributed by atoms with E-state index in [9.17, 15) is 13.2 Å². The topological polar surface area (TPSA) is 92.5 Å². The number of carbonyl (C=O) groups excluding carboxylic acids is 1. The lowest BCUT2D eigenvalue weighted by Gasteiger charge is -2.11. The quantitative estimate of drug-likeness (QED) is 0.584. The Bertz CT molecular complexity index is 1130. The Hall–Kier alpha value is -2.01. The maximum atomic E-state index is 12.5. The molecule has 1 aromatic carbocycles. The number of thiazole rings is 1. The smallest absolute Gasteiger partial charge is 0.262 e. The standard InChI is InChI=1S/C18H18BrN3O4S2/c1-10-15(16(19)11(2)26-10)17(23)21-18-20-14(9-27-18)12-5-7-13(8-6-12)28(24,25)22(3)4/h5-9H,1-4H3,(H,20,21,23). The second-order valence-corrected chi connectivity index (χ2v) is 10.0. The van der Waals surface area contributed by atoms with Crippen molar-refractivity contribution in [3.63, 3.8) is 0 Å². The van der Waals surface area contributed by atoms with Crippen LogP contribution in [0.2, 0.25) is 0 Å². The molecular formula is C18H18BrN3O4S2. The van der Waals surface area contributed by atoms with Gasteiger partial charge in [0.1, 0.15) is 11.5 Å². The highest BCUT2D eigenvalue weighted by Gasteiger charge is 2.21. The number of nitrogens with zero attached hydrogens (tertiary/aromatic N) is 2. The van der Waals surface area contributed by atoms with Crippen LogP contribution in [-0.4, -0.2) is 37.7 Å². The third-order valence-corrected chi connectivity index (χ3v) is 7.61. The molecule has 0 saturated heterocycles. The Kier molecular flexibility index (Phi) is 5.76. The van der Waals surface area contributed by atoms with Gasteiger partial charge < -0.3 is 4.42 Å². The fourth-order valence-electron chi connectivity index (χ4n) is 2.55. The maximum absolute atomic E-state index is 12.5. The number of halogens is 1. The van der Waals surface area contributed by atoms with Crippen LogP contribution >= 0.6 is 27.3 Å². The monoisotopic (exact) mass is 483 g/mol. The van der Waals surface area contributed by atoms with Crippen LogP contribution in [0.25, 0.3) is 11.3 Å². The first-order valence-corrected chi connectivity index (χ1v) is 11.3. The van der Waals surface area contributed by atoms with Gasteiger partial charge in [-0.15, -0.1) is 11.3 Å².